The number of rotatable bonds is 45. The number of nitrogens with two attached hydrogens (primary N) is 3. The number of guanidine groups is 3. The number of hydrogen-bond donors (Lipinski definition) is 21. The second-order valence-electron chi connectivity index (χ2n) is 27.3. The SMILES string of the molecule is CCc1c(Cn2cc(CN[C@@H](CCCNC(=N)N)C(=O)N[C@@H](Cc3c[nH]c4ccccc34)C(=O)O)nn2)c(CC)c(Cn2cc(CN[C@@H](CCCNC(=N)N)C(=O)N[C@@H](Cc3c[nH]c4ccccc34)C(=O)O)nn2)c(CC)c1Cn1cc(CN[C@@H](CCCNC(=N)N)C(=O)N[C@@H](Cc2c[nH]c3ccccc23)C(=O)O)nn1. The van der Waals surface area contributed by atoms with Crippen LogP contribution >= 0.6 is 0 Å². The minimum absolute atomic E-state index is 0.0218. The highest BCUT2D eigenvalue weighted by molar-refractivity contribution is 5.91. The molecular formula is C75H99N27O9. The summed E-state index contributed by atoms with van der Waals surface area (Å²) in [6, 6.07) is 16.0. The van der Waals surface area contributed by atoms with Crippen molar-refractivity contribution in [3.8, 4) is 0 Å². The minimum atomic E-state index is -1.26. The number of H-pyrrole nitrogens is 3. The van der Waals surface area contributed by atoms with Crippen molar-refractivity contribution in [3.63, 3.8) is 0 Å². The van der Waals surface area contributed by atoms with E-state index in [1.54, 1.807) is 51.2 Å². The van der Waals surface area contributed by atoms with Gasteiger partial charge in [0.05, 0.1) is 73.4 Å². The number of amides is 3. The van der Waals surface area contributed by atoms with Crippen LogP contribution in [0.5, 0.6) is 0 Å². The van der Waals surface area contributed by atoms with Crippen LogP contribution in [0.4, 0.5) is 0 Å². The zero-order valence-electron chi connectivity index (χ0n) is 62.3. The Morgan fingerprint density at radius 1 is 0.414 bits per heavy atom. The summed E-state index contributed by atoms with van der Waals surface area (Å²) in [4.78, 5) is 90.4. The molecule has 0 fully saturated rings. The van der Waals surface area contributed by atoms with E-state index in [-0.39, 0.29) is 115 Å². The van der Waals surface area contributed by atoms with Crippen LogP contribution in [-0.4, -0.2) is 185 Å². The van der Waals surface area contributed by atoms with E-state index in [0.717, 1.165) is 82.8 Å². The summed E-state index contributed by atoms with van der Waals surface area (Å²) in [5, 5.41) is 111. The average Bonchev–Trinajstić information content (AvgIpc) is 1.36. The van der Waals surface area contributed by atoms with Crippen LogP contribution in [-0.2, 0) is 107 Å². The van der Waals surface area contributed by atoms with Gasteiger partial charge in [0.1, 0.15) is 18.1 Å². The molecule has 0 radical (unpaired) electrons. The van der Waals surface area contributed by atoms with Crippen LogP contribution in [0.25, 0.3) is 32.7 Å². The highest BCUT2D eigenvalue weighted by atomic mass is 16.4. The molecule has 588 valence electrons. The third-order valence-electron chi connectivity index (χ3n) is 19.6. The van der Waals surface area contributed by atoms with Gasteiger partial charge in [0.15, 0.2) is 17.9 Å². The number of nitrogens with one attached hydrogen (secondary N) is 15. The topological polar surface area (TPSA) is 560 Å². The zero-order chi connectivity index (χ0) is 79.1. The number of carbonyl (C=O) groups is 6. The number of benzene rings is 4. The Hall–Kier alpha value is -12.6. The van der Waals surface area contributed by atoms with Gasteiger partial charge in [-0.3, -0.25) is 30.6 Å². The lowest BCUT2D eigenvalue weighted by atomic mass is 9.83. The lowest BCUT2D eigenvalue weighted by Crippen LogP contribution is -2.51. The first kappa shape index (κ1) is 81.0. The number of aliphatic carboxylic acids is 3. The highest BCUT2D eigenvalue weighted by Crippen LogP contribution is 2.33. The van der Waals surface area contributed by atoms with Crippen molar-refractivity contribution in [2.75, 3.05) is 19.6 Å². The fourth-order valence-corrected chi connectivity index (χ4v) is 14.1. The Balaban J connectivity index is 0.918. The van der Waals surface area contributed by atoms with Crippen molar-refractivity contribution in [3.05, 3.63) is 177 Å². The molecule has 0 bridgehead atoms. The number of nitrogens with zero attached hydrogens (tertiary/aromatic N) is 9. The third kappa shape index (κ3) is 22.1. The van der Waals surface area contributed by atoms with Crippen molar-refractivity contribution in [1.29, 1.82) is 16.2 Å². The normalized spacial score (nSPS) is 13.1. The van der Waals surface area contributed by atoms with E-state index in [9.17, 15) is 44.1 Å². The maximum Gasteiger partial charge on any atom is 0.326 e. The van der Waals surface area contributed by atoms with Gasteiger partial charge in [-0.1, -0.05) is 91.0 Å². The van der Waals surface area contributed by atoms with Gasteiger partial charge < -0.3 is 95.3 Å². The molecule has 0 spiro atoms. The number of hydrogen-bond acceptors (Lipinski definition) is 18. The Labute approximate surface area is 638 Å². The Morgan fingerprint density at radius 3 is 0.937 bits per heavy atom. The third-order valence-corrected chi connectivity index (χ3v) is 19.6. The molecule has 6 atom stereocenters. The first-order valence-electron chi connectivity index (χ1n) is 37.1. The van der Waals surface area contributed by atoms with Crippen LogP contribution in [0, 0.1) is 16.2 Å². The molecule has 4 aromatic carbocycles. The van der Waals surface area contributed by atoms with Crippen molar-refractivity contribution < 1.29 is 44.1 Å². The molecule has 0 saturated carbocycles. The first-order chi connectivity index (χ1) is 53.6. The number of carbonyl (C=O) groups excluding carboxylic acids is 3. The lowest BCUT2D eigenvalue weighted by Gasteiger charge is -2.26. The van der Waals surface area contributed by atoms with E-state index in [0.29, 0.717) is 55.6 Å². The summed E-state index contributed by atoms with van der Waals surface area (Å²) in [6.07, 6.45) is 14.2. The molecule has 24 N–H and O–H groups in total. The van der Waals surface area contributed by atoms with Gasteiger partial charge in [0.2, 0.25) is 17.7 Å². The van der Waals surface area contributed by atoms with Crippen LogP contribution < -0.4 is 65.1 Å². The predicted molar refractivity (Wildman–Crippen MR) is 416 cm³/mol. The van der Waals surface area contributed by atoms with Gasteiger partial charge in [-0.25, -0.2) is 28.4 Å². The van der Waals surface area contributed by atoms with Crippen molar-refractivity contribution in [1.82, 2.24) is 108 Å². The molecule has 3 amide bonds. The quantitative estimate of drug-likeness (QED) is 0.0148. The minimum Gasteiger partial charge on any atom is -0.480 e. The first-order valence-corrected chi connectivity index (χ1v) is 37.1. The Bertz CT molecular complexity index is 4400. The summed E-state index contributed by atoms with van der Waals surface area (Å²) < 4.78 is 5.18. The van der Waals surface area contributed by atoms with E-state index >= 15 is 0 Å². The summed E-state index contributed by atoms with van der Waals surface area (Å²) in [5.41, 5.74) is 28.8. The fourth-order valence-electron chi connectivity index (χ4n) is 14.1. The van der Waals surface area contributed by atoms with E-state index in [1.165, 1.54) is 0 Å². The molecule has 0 aliphatic heterocycles. The van der Waals surface area contributed by atoms with Crippen LogP contribution in [0.1, 0.15) is 126 Å². The molecule has 0 saturated heterocycles. The smallest absolute Gasteiger partial charge is 0.326 e. The molecular weight excluding hydrogens is 1420 g/mol. The molecule has 36 heteroatoms. The summed E-state index contributed by atoms with van der Waals surface area (Å²) in [7, 11) is 0. The predicted octanol–water partition coefficient (Wildman–Crippen LogP) is 2.34. The van der Waals surface area contributed by atoms with Gasteiger partial charge in [0.25, 0.3) is 0 Å². The van der Waals surface area contributed by atoms with Crippen LogP contribution in [0.15, 0.2) is 110 Å². The van der Waals surface area contributed by atoms with Gasteiger partial charge >= 0.3 is 17.9 Å². The largest absolute Gasteiger partial charge is 0.480 e. The van der Waals surface area contributed by atoms with E-state index in [4.69, 9.17) is 33.4 Å². The molecule has 36 nitrogen and oxygen atoms in total. The summed E-state index contributed by atoms with van der Waals surface area (Å²) in [6.45, 7) is 7.97. The van der Waals surface area contributed by atoms with Gasteiger partial charge in [-0.15, -0.1) is 15.3 Å². The van der Waals surface area contributed by atoms with Gasteiger partial charge in [-0.05, 0) is 126 Å². The molecule has 6 aromatic heterocycles. The number of para-hydroxylation sites is 3. The molecule has 0 aliphatic rings. The van der Waals surface area contributed by atoms with Gasteiger partial charge in [0, 0.05) is 110 Å². The standard InChI is InChI=1S/C75H99N27O9/c1-4-49-55(40-100-37-46(94-97-100)34-88-61(22-13-25-82-73(76)77)67(103)91-64(70(106)107)28-43-31-85-58-19-10-7-16-52(43)58)50(5-2)57(42-102-39-48(96-99-102)36-90-63(24-15-27-84-75(80)81)69(105)93-66(72(110)111)30-45-33-87-60-21-12-9-18-54(45)60)51(6-3)56(49)41-101-38-47(95-98-101)35-89-62(23-14-26-83-74(78)79)68(104)92-65(71(108)109)29-44-32-86-59-20-11-8-17-53(44)59/h7-12,16-21,31-33,37-39,61-66,85-90H,4-6,13-15,22-30,34-36,40-42H2,1-3H3,(H,91,103)(H,92,104)(H,93,105)(H,106,107)(H,108,109)(H,110,111)(H4,76,77,82)(H4,78,79,83)(H4,80,81,84)/t61-,62-,63-,64-,65-,66-/m0/s1. The number of carboxylic acid groups (broad SMARTS) is 3. The number of fused-ring (bicyclic) bond motifs is 3. The van der Waals surface area contributed by atoms with Crippen LogP contribution in [0.2, 0.25) is 0 Å². The van der Waals surface area contributed by atoms with Crippen molar-refractivity contribution in [2.45, 2.75) is 173 Å². The summed E-state index contributed by atoms with van der Waals surface area (Å²) in [5.74, 6) is -5.94. The van der Waals surface area contributed by atoms with Crippen molar-refractivity contribution in [2.24, 2.45) is 17.2 Å². The number of carboxylic acids is 3. The second-order valence-corrected chi connectivity index (χ2v) is 27.3. The number of aromatic amines is 3. The summed E-state index contributed by atoms with van der Waals surface area (Å²) >= 11 is 0. The van der Waals surface area contributed by atoms with E-state index in [1.807, 2.05) is 72.8 Å². The fraction of sp³-hybridized carbons (Fsp3) is 0.400. The maximum absolute atomic E-state index is 14.2. The highest BCUT2D eigenvalue weighted by Gasteiger charge is 2.32. The van der Waals surface area contributed by atoms with Crippen LogP contribution in [0.3, 0.4) is 0 Å². The lowest BCUT2D eigenvalue weighted by molar-refractivity contribution is -0.142. The molecule has 6 heterocycles. The molecule has 10 aromatic rings. The Kier molecular flexibility index (Phi) is 28.4. The van der Waals surface area contributed by atoms with Crippen molar-refractivity contribution >= 4 is 86.2 Å². The maximum atomic E-state index is 14.2. The zero-order valence-corrected chi connectivity index (χ0v) is 62.3. The second kappa shape index (κ2) is 39.0. The monoisotopic (exact) mass is 1520 g/mol. The van der Waals surface area contributed by atoms with E-state index < -0.39 is 71.9 Å². The molecule has 0 unspecified atom stereocenters. The Morgan fingerprint density at radius 2 is 0.685 bits per heavy atom. The molecule has 0 aliphatic carbocycles. The van der Waals surface area contributed by atoms with E-state index in [2.05, 4.69) is 115 Å². The molecule has 10 rings (SSSR count). The number of aromatic nitrogens is 12. The molecule has 111 heavy (non-hydrogen) atoms. The van der Waals surface area contributed by atoms with Gasteiger partial charge in [-0.2, -0.15) is 0 Å². The average molecular weight is 1520 g/mol.